The Kier molecular flexibility index (Phi) is 4.11. The van der Waals surface area contributed by atoms with Crippen molar-refractivity contribution in [2.24, 2.45) is 5.41 Å². The van der Waals surface area contributed by atoms with Crippen LogP contribution in [0.2, 0.25) is 0 Å². The highest BCUT2D eigenvalue weighted by Crippen LogP contribution is 2.43. The first kappa shape index (κ1) is 16.6. The molecule has 128 valence electrons. The van der Waals surface area contributed by atoms with Gasteiger partial charge in [0.15, 0.2) is 5.78 Å². The fourth-order valence-electron chi connectivity index (χ4n) is 3.74. The van der Waals surface area contributed by atoms with Gasteiger partial charge in [-0.3, -0.25) is 9.59 Å². The van der Waals surface area contributed by atoms with Gasteiger partial charge in [0.05, 0.1) is 24.0 Å². The molecule has 1 atom stereocenters. The number of fused-ring (bicyclic) bond motifs is 1. The molecule has 0 saturated carbocycles. The van der Waals surface area contributed by atoms with Crippen LogP contribution in [0.3, 0.4) is 0 Å². The Morgan fingerprint density at radius 2 is 2.04 bits per heavy atom. The molecule has 1 unspecified atom stereocenters. The minimum atomic E-state index is -0.142. The first-order valence-corrected chi connectivity index (χ1v) is 8.42. The van der Waals surface area contributed by atoms with E-state index in [0.717, 1.165) is 29.1 Å². The van der Waals surface area contributed by atoms with Gasteiger partial charge >= 0.3 is 0 Å². The van der Waals surface area contributed by atoms with Gasteiger partial charge in [0.2, 0.25) is 5.91 Å². The Hall–Kier alpha value is -2.30. The number of carbonyl (C=O) groups is 2. The summed E-state index contributed by atoms with van der Waals surface area (Å²) in [6, 6.07) is 7.78. The number of hydrogen-bond acceptors (Lipinski definition) is 4. The number of ketones is 1. The van der Waals surface area contributed by atoms with Gasteiger partial charge in [0.1, 0.15) is 0 Å². The normalized spacial score (nSPS) is 22.2. The van der Waals surface area contributed by atoms with Gasteiger partial charge in [-0.2, -0.15) is 0 Å². The molecule has 5 heteroatoms. The minimum Gasteiger partial charge on any atom is -0.358 e. The average Bonchev–Trinajstić information content (AvgIpc) is 2.61. The number of anilines is 2. The lowest BCUT2D eigenvalue weighted by Crippen LogP contribution is -2.44. The Morgan fingerprint density at radius 3 is 2.75 bits per heavy atom. The number of amides is 1. The standard InChI is InChI=1S/C19H25N3O2/c1-12-18-14(9-19(2,3)10-16(18)23)21-13-7-5-6-8-15(13)22(12)11-17(24)20-4/h5-8,12,21H,9-11H2,1-4H3,(H,20,24). The quantitative estimate of drug-likeness (QED) is 0.877. The molecule has 1 aromatic carbocycles. The van der Waals surface area contributed by atoms with E-state index in [1.807, 2.05) is 36.1 Å². The van der Waals surface area contributed by atoms with Gasteiger partial charge in [0, 0.05) is 24.7 Å². The number of para-hydroxylation sites is 2. The van der Waals surface area contributed by atoms with Gasteiger partial charge in [-0.15, -0.1) is 0 Å². The third-order valence-electron chi connectivity index (χ3n) is 4.90. The lowest BCUT2D eigenvalue weighted by Gasteiger charge is -2.35. The fourth-order valence-corrected chi connectivity index (χ4v) is 3.74. The molecular weight excluding hydrogens is 302 g/mol. The summed E-state index contributed by atoms with van der Waals surface area (Å²) in [5.74, 6) is 0.111. The summed E-state index contributed by atoms with van der Waals surface area (Å²) in [7, 11) is 1.63. The molecule has 1 aliphatic carbocycles. The van der Waals surface area contributed by atoms with Gasteiger partial charge in [-0.25, -0.2) is 0 Å². The fraction of sp³-hybridized carbons (Fsp3) is 0.474. The van der Waals surface area contributed by atoms with Crippen molar-refractivity contribution in [3.8, 4) is 0 Å². The van der Waals surface area contributed by atoms with E-state index in [9.17, 15) is 9.59 Å². The summed E-state index contributed by atoms with van der Waals surface area (Å²) < 4.78 is 0. The van der Waals surface area contributed by atoms with Crippen LogP contribution in [0.15, 0.2) is 35.5 Å². The smallest absolute Gasteiger partial charge is 0.239 e. The minimum absolute atomic E-state index is 0.0481. The van der Waals surface area contributed by atoms with E-state index in [1.165, 1.54) is 0 Å². The maximum atomic E-state index is 12.8. The van der Waals surface area contributed by atoms with Crippen molar-refractivity contribution in [2.75, 3.05) is 23.8 Å². The van der Waals surface area contributed by atoms with Crippen molar-refractivity contribution in [1.29, 1.82) is 0 Å². The Labute approximate surface area is 143 Å². The third-order valence-corrected chi connectivity index (χ3v) is 4.90. The molecule has 1 aliphatic heterocycles. The number of likely N-dealkylation sites (N-methyl/N-ethyl adjacent to an activating group) is 1. The molecule has 0 aromatic heterocycles. The molecule has 5 nitrogen and oxygen atoms in total. The van der Waals surface area contributed by atoms with Gasteiger partial charge in [-0.05, 0) is 30.9 Å². The molecule has 1 amide bonds. The molecular formula is C19H25N3O2. The van der Waals surface area contributed by atoms with E-state index in [0.29, 0.717) is 6.42 Å². The van der Waals surface area contributed by atoms with E-state index < -0.39 is 0 Å². The van der Waals surface area contributed by atoms with Gasteiger partial charge in [-0.1, -0.05) is 26.0 Å². The van der Waals surface area contributed by atoms with Gasteiger partial charge in [0.25, 0.3) is 0 Å². The summed E-state index contributed by atoms with van der Waals surface area (Å²) in [6.07, 6.45) is 1.38. The van der Waals surface area contributed by atoms with Crippen LogP contribution in [0, 0.1) is 5.41 Å². The maximum absolute atomic E-state index is 12.8. The average molecular weight is 327 g/mol. The van der Waals surface area contributed by atoms with Crippen LogP contribution in [0.4, 0.5) is 11.4 Å². The lowest BCUT2D eigenvalue weighted by atomic mass is 9.74. The molecule has 0 fully saturated rings. The molecule has 1 aromatic rings. The molecule has 2 N–H and O–H groups in total. The summed E-state index contributed by atoms with van der Waals surface area (Å²) >= 11 is 0. The number of Topliss-reactive ketones (excluding diaryl/α,β-unsaturated/α-hetero) is 1. The zero-order valence-electron chi connectivity index (χ0n) is 14.8. The zero-order valence-corrected chi connectivity index (χ0v) is 14.8. The largest absolute Gasteiger partial charge is 0.358 e. The van der Waals surface area contributed by atoms with E-state index in [2.05, 4.69) is 24.5 Å². The Balaban J connectivity index is 2.10. The maximum Gasteiger partial charge on any atom is 0.239 e. The second-order valence-electron chi connectivity index (χ2n) is 7.45. The first-order chi connectivity index (χ1) is 11.3. The van der Waals surface area contributed by atoms with E-state index in [1.54, 1.807) is 7.05 Å². The molecule has 1 heterocycles. The number of rotatable bonds is 2. The predicted octanol–water partition coefficient (Wildman–Crippen LogP) is 2.70. The first-order valence-electron chi connectivity index (χ1n) is 8.42. The number of nitrogens with zero attached hydrogens (tertiary/aromatic N) is 1. The topological polar surface area (TPSA) is 61.4 Å². The van der Waals surface area contributed by atoms with Crippen LogP contribution in [0.25, 0.3) is 0 Å². The van der Waals surface area contributed by atoms with E-state index in [-0.39, 0.29) is 29.7 Å². The second kappa shape index (κ2) is 5.96. The Morgan fingerprint density at radius 1 is 1.33 bits per heavy atom. The summed E-state index contributed by atoms with van der Waals surface area (Å²) in [6.45, 7) is 6.49. The number of hydrogen-bond donors (Lipinski definition) is 2. The molecule has 0 radical (unpaired) electrons. The van der Waals surface area contributed by atoms with Crippen molar-refractivity contribution >= 4 is 23.1 Å². The van der Waals surface area contributed by atoms with Crippen LogP contribution in [0.1, 0.15) is 33.6 Å². The summed E-state index contributed by atoms with van der Waals surface area (Å²) in [5, 5.41) is 6.16. The highest BCUT2D eigenvalue weighted by atomic mass is 16.2. The van der Waals surface area contributed by atoms with E-state index in [4.69, 9.17) is 0 Å². The number of benzene rings is 1. The highest BCUT2D eigenvalue weighted by molar-refractivity contribution is 6.01. The lowest BCUT2D eigenvalue weighted by molar-refractivity contribution is -0.120. The van der Waals surface area contributed by atoms with Gasteiger partial charge < -0.3 is 15.5 Å². The van der Waals surface area contributed by atoms with Crippen LogP contribution in [-0.4, -0.2) is 31.3 Å². The van der Waals surface area contributed by atoms with Crippen molar-refractivity contribution in [2.45, 2.75) is 39.7 Å². The third kappa shape index (κ3) is 2.90. The number of nitrogens with one attached hydrogen (secondary N) is 2. The SMILES string of the molecule is CNC(=O)CN1c2ccccc2NC2=C(C(=O)CC(C)(C)C2)C1C. The molecule has 3 rings (SSSR count). The number of carbonyl (C=O) groups excluding carboxylic acids is 2. The van der Waals surface area contributed by atoms with E-state index >= 15 is 0 Å². The molecule has 0 spiro atoms. The molecule has 24 heavy (non-hydrogen) atoms. The van der Waals surface area contributed by atoms with Crippen LogP contribution in [0.5, 0.6) is 0 Å². The van der Waals surface area contributed by atoms with Crippen molar-refractivity contribution in [3.05, 3.63) is 35.5 Å². The van der Waals surface area contributed by atoms with Crippen molar-refractivity contribution in [3.63, 3.8) is 0 Å². The molecule has 0 bridgehead atoms. The predicted molar refractivity (Wildman–Crippen MR) is 96.0 cm³/mol. The molecule has 2 aliphatic rings. The van der Waals surface area contributed by atoms with Crippen LogP contribution < -0.4 is 15.5 Å². The Bertz CT molecular complexity index is 721. The summed E-state index contributed by atoms with van der Waals surface area (Å²) in [4.78, 5) is 26.9. The number of allylic oxidation sites excluding steroid dienone is 1. The highest BCUT2D eigenvalue weighted by Gasteiger charge is 2.39. The zero-order chi connectivity index (χ0) is 17.5. The second-order valence-corrected chi connectivity index (χ2v) is 7.45. The van der Waals surface area contributed by atoms with Crippen LogP contribution >= 0.6 is 0 Å². The van der Waals surface area contributed by atoms with Crippen molar-refractivity contribution < 1.29 is 9.59 Å². The molecule has 0 saturated heterocycles. The summed E-state index contributed by atoms with van der Waals surface area (Å²) in [5.41, 5.74) is 3.66. The van der Waals surface area contributed by atoms with Crippen LogP contribution in [-0.2, 0) is 9.59 Å². The monoisotopic (exact) mass is 327 g/mol. The van der Waals surface area contributed by atoms with Crippen molar-refractivity contribution in [1.82, 2.24) is 5.32 Å².